The maximum Gasteiger partial charge on any atom is 0.171 e. The lowest BCUT2D eigenvalue weighted by atomic mass is 9.44. The lowest BCUT2D eigenvalue weighted by Gasteiger charge is -2.61. The number of halogens is 1. The van der Waals surface area contributed by atoms with E-state index in [9.17, 15) is 29.7 Å². The van der Waals surface area contributed by atoms with Crippen LogP contribution in [-0.4, -0.2) is 107 Å². The third-order valence-electron chi connectivity index (χ3n) is 30.6. The minimum absolute atomic E-state index is 0. The van der Waals surface area contributed by atoms with Gasteiger partial charge in [0.25, 0.3) is 0 Å². The number of aromatic nitrogens is 8. The Morgan fingerprint density at radius 2 is 0.840 bits per heavy atom. The topological polar surface area (TPSA) is 236 Å². The summed E-state index contributed by atoms with van der Waals surface area (Å²) in [7, 11) is 0. The number of Topliss-reactive ketones (excluding diaryl/α,β-unsaturated/α-hetero) is 3. The average molecular weight is 1370 g/mol. The average Bonchev–Trinajstić information content (AvgIpc) is 1.41. The SMILES string of the molecule is C.C.C.CC1=NN=NC1.C[C@@]1(O)CC[C@@]2(C)[C@@H](CC[C@@H]3[C@@H]2CC[C@]2(C)[C@@H](C(=O)CBr)CC[C@@H]32)C1.Cc1nnn(CC(=O)[C@H]2CC[C@H]3[C@@H]4CC[C@H]5C[C@](C)(O)CC[C@]5(C)[C@H]4CC[C@]23C)n1.Cc1nnnn1CC(=O)[C@H]1CC[C@H]2[C@@H]3CC[C@H]4C[C@](C)(O)CC[C@]4(C)[C@H]3CC[C@]12C. The summed E-state index contributed by atoms with van der Waals surface area (Å²) in [6.07, 6.45) is 31.2. The fourth-order valence-electron chi connectivity index (χ4n) is 25.5. The Hall–Kier alpha value is -3.22. The second-order valence-electron chi connectivity index (χ2n) is 35.6. The highest BCUT2D eigenvalue weighted by Gasteiger charge is 2.65. The summed E-state index contributed by atoms with van der Waals surface area (Å²) in [4.78, 5) is 40.5. The molecule has 2 aromatic heterocycles. The quantitative estimate of drug-likeness (QED) is 0.209. The fourth-order valence-corrected chi connectivity index (χ4v) is 25.9. The first-order valence-corrected chi connectivity index (χ1v) is 37.7. The molecule has 18 heteroatoms. The normalized spacial score (nSPS) is 46.5. The van der Waals surface area contributed by atoms with Crippen LogP contribution in [0.3, 0.4) is 0 Å². The maximum atomic E-state index is 13.3. The van der Waals surface area contributed by atoms with E-state index in [1.54, 1.807) is 4.68 Å². The Balaban J connectivity index is 0.000000157. The Morgan fingerprint density at radius 3 is 1.16 bits per heavy atom. The number of hydrogen-bond acceptors (Lipinski definition) is 15. The van der Waals surface area contributed by atoms with E-state index in [-0.39, 0.29) is 62.8 Å². The molecule has 0 spiro atoms. The number of carbonyl (C=O) groups is 3. The molecule has 530 valence electrons. The second-order valence-corrected chi connectivity index (χ2v) is 36.2. The van der Waals surface area contributed by atoms with Crippen LogP contribution in [0, 0.1) is 135 Å². The van der Waals surface area contributed by atoms with E-state index < -0.39 is 16.8 Å². The van der Waals surface area contributed by atoms with Crippen LogP contribution >= 0.6 is 15.9 Å². The Bertz CT molecular complexity index is 3070. The van der Waals surface area contributed by atoms with Gasteiger partial charge in [-0.1, -0.05) is 79.8 Å². The monoisotopic (exact) mass is 1370 g/mol. The molecule has 0 unspecified atom stereocenters. The Labute approximate surface area is 574 Å². The molecule has 3 N–H and O–H groups in total. The second kappa shape index (κ2) is 27.7. The molecule has 2 aromatic rings. The molecule has 12 fully saturated rings. The van der Waals surface area contributed by atoms with Crippen molar-refractivity contribution in [3.63, 3.8) is 0 Å². The molecule has 17 nitrogen and oxygen atoms in total. The van der Waals surface area contributed by atoms with Gasteiger partial charge in [0.15, 0.2) is 17.4 Å². The number of carbonyl (C=O) groups excluding carboxylic acids is 3. The maximum absolute atomic E-state index is 13.3. The smallest absolute Gasteiger partial charge is 0.171 e. The zero-order valence-corrected chi connectivity index (χ0v) is 59.5. The minimum Gasteiger partial charge on any atom is -0.390 e. The van der Waals surface area contributed by atoms with Crippen molar-refractivity contribution < 1.29 is 29.7 Å². The first kappa shape index (κ1) is 75.0. The van der Waals surface area contributed by atoms with Crippen molar-refractivity contribution in [2.75, 3.05) is 11.9 Å². The summed E-state index contributed by atoms with van der Waals surface area (Å²) < 4.78 is 1.66. The highest BCUT2D eigenvalue weighted by Crippen LogP contribution is 2.72. The summed E-state index contributed by atoms with van der Waals surface area (Å²) in [5, 5.41) is 66.9. The predicted octanol–water partition coefficient (Wildman–Crippen LogP) is 16.0. The number of hydrogen-bond donors (Lipinski definition) is 3. The van der Waals surface area contributed by atoms with Crippen LogP contribution in [0.1, 0.15) is 277 Å². The molecule has 1 aliphatic heterocycles. The zero-order valence-electron chi connectivity index (χ0n) is 57.9. The van der Waals surface area contributed by atoms with Gasteiger partial charge >= 0.3 is 0 Å². The summed E-state index contributed by atoms with van der Waals surface area (Å²) in [5.74, 6) is 11.7. The summed E-state index contributed by atoms with van der Waals surface area (Å²) in [5.41, 5.74) is 1.27. The fraction of sp³-hybridized carbons (Fsp3) is 0.921. The van der Waals surface area contributed by atoms with Gasteiger partial charge in [0, 0.05) is 17.8 Å². The first-order chi connectivity index (χ1) is 42.9. The van der Waals surface area contributed by atoms with Gasteiger partial charge in [0.2, 0.25) is 0 Å². The number of ketones is 3. The van der Waals surface area contributed by atoms with Gasteiger partial charge in [-0.3, -0.25) is 14.4 Å². The van der Waals surface area contributed by atoms with E-state index in [0.29, 0.717) is 93.3 Å². The Morgan fingerprint density at radius 1 is 0.457 bits per heavy atom. The molecule has 12 aliphatic carbocycles. The molecule has 0 radical (unpaired) electrons. The molecule has 15 rings (SSSR count). The van der Waals surface area contributed by atoms with Crippen molar-refractivity contribution in [3.8, 4) is 0 Å². The summed E-state index contributed by atoms with van der Waals surface area (Å²) >= 11 is 3.43. The van der Waals surface area contributed by atoms with Crippen LogP contribution in [0.15, 0.2) is 15.4 Å². The van der Waals surface area contributed by atoms with Crippen LogP contribution in [-0.2, 0) is 27.5 Å². The van der Waals surface area contributed by atoms with Crippen molar-refractivity contribution >= 4 is 39.0 Å². The molecule has 13 aliphatic rings. The molecule has 12 saturated carbocycles. The van der Waals surface area contributed by atoms with E-state index in [2.05, 4.69) is 104 Å². The molecule has 3 heterocycles. The van der Waals surface area contributed by atoms with E-state index in [4.69, 9.17) is 0 Å². The van der Waals surface area contributed by atoms with Crippen molar-refractivity contribution in [1.82, 2.24) is 40.4 Å². The number of rotatable bonds is 8. The van der Waals surface area contributed by atoms with Crippen molar-refractivity contribution in [2.24, 2.45) is 137 Å². The molecule has 0 saturated heterocycles. The van der Waals surface area contributed by atoms with Gasteiger partial charge in [-0.15, -0.1) is 20.4 Å². The summed E-state index contributed by atoms with van der Waals surface area (Å²) in [6.45, 7) is 27.8. The number of aryl methyl sites for hydroxylation is 2. The lowest BCUT2D eigenvalue weighted by molar-refractivity contribution is -0.151. The molecule has 0 bridgehead atoms. The lowest BCUT2D eigenvalue weighted by Crippen LogP contribution is -2.55. The highest BCUT2D eigenvalue weighted by molar-refractivity contribution is 9.09. The predicted molar refractivity (Wildman–Crippen MR) is 374 cm³/mol. The van der Waals surface area contributed by atoms with E-state index >= 15 is 0 Å². The molecule has 24 atom stereocenters. The minimum atomic E-state index is -0.473. The van der Waals surface area contributed by atoms with Crippen molar-refractivity contribution in [3.05, 3.63) is 11.6 Å². The van der Waals surface area contributed by atoms with E-state index in [1.165, 1.54) is 101 Å². The van der Waals surface area contributed by atoms with Gasteiger partial charge in [0.05, 0.1) is 27.8 Å². The number of nitrogens with zero attached hydrogens (tertiary/aromatic N) is 11. The highest BCUT2D eigenvalue weighted by atomic mass is 79.9. The zero-order chi connectivity index (χ0) is 65.1. The van der Waals surface area contributed by atoms with Crippen molar-refractivity contribution in [2.45, 2.75) is 309 Å². The van der Waals surface area contributed by atoms with Crippen LogP contribution < -0.4 is 0 Å². The van der Waals surface area contributed by atoms with E-state index in [1.807, 2.05) is 41.5 Å². The van der Waals surface area contributed by atoms with Crippen LogP contribution in [0.2, 0.25) is 0 Å². The van der Waals surface area contributed by atoms with Gasteiger partial charge < -0.3 is 15.3 Å². The number of aliphatic hydroxyl groups is 3. The molecule has 0 amide bonds. The Kier molecular flexibility index (Phi) is 22.1. The van der Waals surface area contributed by atoms with Crippen LogP contribution in [0.25, 0.3) is 0 Å². The molecular weight excluding hydrogens is 1240 g/mol. The van der Waals surface area contributed by atoms with Crippen LogP contribution in [0.4, 0.5) is 0 Å². The number of fused-ring (bicyclic) bond motifs is 15. The van der Waals surface area contributed by atoms with Crippen molar-refractivity contribution in [1.29, 1.82) is 0 Å². The molecule has 0 aromatic carbocycles. The molecular formula is C76H128BrN11O6. The molecule has 94 heavy (non-hydrogen) atoms. The summed E-state index contributed by atoms with van der Waals surface area (Å²) in [6, 6.07) is 0. The third-order valence-corrected chi connectivity index (χ3v) is 31.2. The third kappa shape index (κ3) is 13.5. The van der Waals surface area contributed by atoms with E-state index in [0.717, 1.165) is 124 Å². The number of tetrazole rings is 2. The van der Waals surface area contributed by atoms with Gasteiger partial charge in [-0.05, 0) is 339 Å². The van der Waals surface area contributed by atoms with Crippen LogP contribution in [0.5, 0.6) is 0 Å². The first-order valence-electron chi connectivity index (χ1n) is 36.6. The van der Waals surface area contributed by atoms with Gasteiger partial charge in [0.1, 0.15) is 31.2 Å². The number of alkyl halides is 1. The largest absolute Gasteiger partial charge is 0.390 e. The van der Waals surface area contributed by atoms with Gasteiger partial charge in [-0.2, -0.15) is 9.91 Å². The van der Waals surface area contributed by atoms with Gasteiger partial charge in [-0.25, -0.2) is 4.68 Å². The standard InChI is InChI=1S/2C24H38N4O2.C22H35BrO2.C3H5N3.3CH4/c1-15-25-26-27-28(15)14-21(29)20-8-7-18-17-6-5-16-13-22(2,30)11-12-23(16,3)19(17)9-10-24(18,20)4;1-15-25-27-28(26-15)14-21(29)20-8-7-18-17-6-5-16-13-22(2,30)11-12-23(16,3)19(17)9-10-24(18,20)4;1-20(25)10-11-21(2)14(12-20)4-5-15-16-6-7-18(19(24)13-23)22(16,3)9-8-17(15)21;1-3-2-4-6-5-3;;;/h2*16-20,30H,5-14H2,1-4H3;14-18,25H,4-13H2,1-3H3;2H2,1H3;3*1H4/t2*16-,17-,18-,19-,20+,22+,23-,24-;14-,15-,16-,17-,18+,20+,21-,22-;;;;/m000..../s1.